The van der Waals surface area contributed by atoms with E-state index >= 15 is 0 Å². The summed E-state index contributed by atoms with van der Waals surface area (Å²) < 4.78 is 5.32. The molecule has 7 heteroatoms. The third-order valence-corrected chi connectivity index (χ3v) is 4.12. The van der Waals surface area contributed by atoms with Crippen LogP contribution in [0.3, 0.4) is 0 Å². The summed E-state index contributed by atoms with van der Waals surface area (Å²) in [5.74, 6) is 0.761. The van der Waals surface area contributed by atoms with Crippen molar-refractivity contribution in [2.75, 3.05) is 57.9 Å². The molecule has 1 N–H and O–H groups in total. The lowest BCUT2D eigenvalue weighted by atomic mass is 10.2. The van der Waals surface area contributed by atoms with Gasteiger partial charge in [0.1, 0.15) is 12.1 Å². The van der Waals surface area contributed by atoms with Crippen molar-refractivity contribution < 1.29 is 9.53 Å². The minimum atomic E-state index is -0.00606. The minimum absolute atomic E-state index is 0.00606. The number of carbonyl (C=O) groups excluding carboxylic acids is 1. The van der Waals surface area contributed by atoms with E-state index in [4.69, 9.17) is 4.74 Å². The van der Waals surface area contributed by atoms with Crippen molar-refractivity contribution >= 4 is 22.6 Å². The summed E-state index contributed by atoms with van der Waals surface area (Å²) in [6, 6.07) is 7.80. The molecular weight excluding hydrogens is 306 g/mol. The molecule has 2 heterocycles. The third kappa shape index (κ3) is 4.18. The quantitative estimate of drug-likeness (QED) is 0.833. The largest absolute Gasteiger partial charge is 0.379 e. The van der Waals surface area contributed by atoms with Crippen molar-refractivity contribution in [2.24, 2.45) is 0 Å². The molecule has 0 atom stereocenters. The fourth-order valence-electron chi connectivity index (χ4n) is 2.82. The molecule has 3 rings (SSSR count). The molecule has 24 heavy (non-hydrogen) atoms. The number of para-hydroxylation sites is 1. The Morgan fingerprint density at radius 3 is 2.92 bits per heavy atom. The van der Waals surface area contributed by atoms with Crippen LogP contribution < -0.4 is 10.2 Å². The number of nitrogens with zero attached hydrogens (tertiary/aromatic N) is 4. The van der Waals surface area contributed by atoms with E-state index in [9.17, 15) is 4.79 Å². The Labute approximate surface area is 141 Å². The van der Waals surface area contributed by atoms with Gasteiger partial charge in [-0.15, -0.1) is 0 Å². The molecule has 7 nitrogen and oxygen atoms in total. The van der Waals surface area contributed by atoms with Crippen LogP contribution in [0.15, 0.2) is 30.6 Å². The number of hydrogen-bond donors (Lipinski definition) is 1. The van der Waals surface area contributed by atoms with Gasteiger partial charge in [-0.3, -0.25) is 9.69 Å². The summed E-state index contributed by atoms with van der Waals surface area (Å²) in [5, 5.41) is 3.92. The highest BCUT2D eigenvalue weighted by atomic mass is 16.5. The summed E-state index contributed by atoms with van der Waals surface area (Å²) >= 11 is 0. The Hall–Kier alpha value is -2.25. The number of likely N-dealkylation sites (N-methyl/N-ethyl adjacent to an activating group) is 1. The summed E-state index contributed by atoms with van der Waals surface area (Å²) in [4.78, 5) is 24.9. The van der Waals surface area contributed by atoms with Crippen LogP contribution in [-0.2, 0) is 9.53 Å². The van der Waals surface area contributed by atoms with Gasteiger partial charge in [0.2, 0.25) is 5.91 Å². The van der Waals surface area contributed by atoms with E-state index in [1.54, 1.807) is 0 Å². The first-order chi connectivity index (χ1) is 11.7. The topological polar surface area (TPSA) is 70.6 Å². The van der Waals surface area contributed by atoms with Crippen molar-refractivity contribution in [1.29, 1.82) is 0 Å². The molecule has 1 fully saturated rings. The van der Waals surface area contributed by atoms with Gasteiger partial charge < -0.3 is 15.0 Å². The normalized spacial score (nSPS) is 15.4. The predicted octanol–water partition coefficient (Wildman–Crippen LogP) is 0.514. The Bertz CT molecular complexity index is 682. The summed E-state index contributed by atoms with van der Waals surface area (Å²) in [5.41, 5.74) is 0.877. The molecule has 0 saturated carbocycles. The number of hydrogen-bond acceptors (Lipinski definition) is 6. The molecule has 0 bridgehead atoms. The number of morpholine rings is 1. The van der Waals surface area contributed by atoms with Gasteiger partial charge in [-0.25, -0.2) is 9.97 Å². The fraction of sp³-hybridized carbons (Fsp3) is 0.471. The average Bonchev–Trinajstić information content (AvgIpc) is 2.62. The molecule has 2 aromatic rings. The molecule has 0 unspecified atom stereocenters. The number of carbonyl (C=O) groups is 1. The molecule has 1 saturated heterocycles. The fourth-order valence-corrected chi connectivity index (χ4v) is 2.82. The highest BCUT2D eigenvalue weighted by molar-refractivity contribution is 5.91. The van der Waals surface area contributed by atoms with Gasteiger partial charge in [0.05, 0.1) is 25.3 Å². The van der Waals surface area contributed by atoms with Crippen LogP contribution in [0.25, 0.3) is 10.9 Å². The Morgan fingerprint density at radius 2 is 2.08 bits per heavy atom. The summed E-state index contributed by atoms with van der Waals surface area (Å²) in [7, 11) is 1.87. The van der Waals surface area contributed by atoms with Crippen molar-refractivity contribution in [3.05, 3.63) is 30.6 Å². The summed E-state index contributed by atoms with van der Waals surface area (Å²) in [6.07, 6.45) is 1.53. The van der Waals surface area contributed by atoms with Crippen molar-refractivity contribution in [3.63, 3.8) is 0 Å². The van der Waals surface area contributed by atoms with Crippen LogP contribution >= 0.6 is 0 Å². The Kier molecular flexibility index (Phi) is 5.55. The highest BCUT2D eigenvalue weighted by Gasteiger charge is 2.13. The van der Waals surface area contributed by atoms with Gasteiger partial charge in [-0.1, -0.05) is 12.1 Å². The first-order valence-electron chi connectivity index (χ1n) is 8.22. The number of rotatable bonds is 6. The average molecular weight is 329 g/mol. The van der Waals surface area contributed by atoms with E-state index in [1.807, 2.05) is 36.2 Å². The molecule has 1 amide bonds. The van der Waals surface area contributed by atoms with Gasteiger partial charge >= 0.3 is 0 Å². The zero-order chi connectivity index (χ0) is 16.8. The van der Waals surface area contributed by atoms with Crippen LogP contribution in [0.5, 0.6) is 0 Å². The van der Waals surface area contributed by atoms with E-state index in [1.165, 1.54) is 6.33 Å². The smallest absolute Gasteiger partial charge is 0.239 e. The van der Waals surface area contributed by atoms with E-state index in [0.29, 0.717) is 6.54 Å². The van der Waals surface area contributed by atoms with Gasteiger partial charge in [0, 0.05) is 38.6 Å². The first kappa shape index (κ1) is 16.6. The van der Waals surface area contributed by atoms with Gasteiger partial charge in [0.15, 0.2) is 0 Å². The lowest BCUT2D eigenvalue weighted by molar-refractivity contribution is -0.119. The molecule has 1 aromatic carbocycles. The Morgan fingerprint density at radius 1 is 1.29 bits per heavy atom. The maximum absolute atomic E-state index is 12.2. The number of nitrogens with one attached hydrogen (secondary N) is 1. The monoisotopic (exact) mass is 329 g/mol. The molecule has 1 aliphatic rings. The number of ether oxygens (including phenoxy) is 1. The molecule has 0 aliphatic carbocycles. The molecular formula is C17H23N5O2. The van der Waals surface area contributed by atoms with Crippen LogP contribution in [0.2, 0.25) is 0 Å². The number of amides is 1. The Balaban J connectivity index is 1.52. The van der Waals surface area contributed by atoms with E-state index in [-0.39, 0.29) is 12.5 Å². The van der Waals surface area contributed by atoms with Crippen molar-refractivity contribution in [1.82, 2.24) is 20.2 Å². The van der Waals surface area contributed by atoms with Crippen LogP contribution in [0.4, 0.5) is 5.82 Å². The van der Waals surface area contributed by atoms with E-state index < -0.39 is 0 Å². The van der Waals surface area contributed by atoms with E-state index in [0.717, 1.165) is 49.6 Å². The molecule has 0 spiro atoms. The van der Waals surface area contributed by atoms with Crippen LogP contribution in [0, 0.1) is 0 Å². The van der Waals surface area contributed by atoms with Crippen molar-refractivity contribution in [3.8, 4) is 0 Å². The standard InChI is InChI=1S/C17H23N5O2/c1-21(17-14-4-2-3-5-15(14)19-13-20-17)12-16(23)18-6-7-22-8-10-24-11-9-22/h2-5,13H,6-12H2,1H3,(H,18,23). The highest BCUT2D eigenvalue weighted by Crippen LogP contribution is 2.20. The van der Waals surface area contributed by atoms with Crippen LogP contribution in [-0.4, -0.2) is 73.8 Å². The first-order valence-corrected chi connectivity index (χ1v) is 8.22. The van der Waals surface area contributed by atoms with Gasteiger partial charge in [-0.05, 0) is 12.1 Å². The van der Waals surface area contributed by atoms with E-state index in [2.05, 4.69) is 20.2 Å². The van der Waals surface area contributed by atoms with Crippen LogP contribution in [0.1, 0.15) is 0 Å². The maximum Gasteiger partial charge on any atom is 0.239 e. The number of benzene rings is 1. The zero-order valence-electron chi connectivity index (χ0n) is 13.9. The molecule has 1 aromatic heterocycles. The third-order valence-electron chi connectivity index (χ3n) is 4.12. The van der Waals surface area contributed by atoms with Gasteiger partial charge in [-0.2, -0.15) is 0 Å². The zero-order valence-corrected chi connectivity index (χ0v) is 13.9. The summed E-state index contributed by atoms with van der Waals surface area (Å²) in [6.45, 7) is 5.19. The maximum atomic E-state index is 12.2. The minimum Gasteiger partial charge on any atom is -0.379 e. The second kappa shape index (κ2) is 8.03. The predicted molar refractivity (Wildman–Crippen MR) is 93.1 cm³/mol. The number of aromatic nitrogens is 2. The molecule has 0 radical (unpaired) electrons. The SMILES string of the molecule is CN(CC(=O)NCCN1CCOCC1)c1ncnc2ccccc12. The second-order valence-corrected chi connectivity index (χ2v) is 5.87. The van der Waals surface area contributed by atoms with Crippen molar-refractivity contribution in [2.45, 2.75) is 0 Å². The van der Waals surface area contributed by atoms with Gasteiger partial charge in [0.25, 0.3) is 0 Å². The molecule has 128 valence electrons. The lowest BCUT2D eigenvalue weighted by Crippen LogP contribution is -2.43. The lowest BCUT2D eigenvalue weighted by Gasteiger charge is -2.26. The molecule has 1 aliphatic heterocycles. The number of anilines is 1. The second-order valence-electron chi connectivity index (χ2n) is 5.87. The number of fused-ring (bicyclic) bond motifs is 1.